The molecular weight excluding hydrogens is 499 g/mol. The van der Waals surface area contributed by atoms with Crippen molar-refractivity contribution in [2.75, 3.05) is 40.0 Å². The van der Waals surface area contributed by atoms with Crippen LogP contribution in [0.15, 0.2) is 54.6 Å². The van der Waals surface area contributed by atoms with Gasteiger partial charge in [-0.25, -0.2) is 4.98 Å². The lowest BCUT2D eigenvalue weighted by Crippen LogP contribution is -2.47. The third kappa shape index (κ3) is 7.81. The van der Waals surface area contributed by atoms with E-state index in [9.17, 15) is 9.59 Å². The predicted molar refractivity (Wildman–Crippen MR) is 147 cm³/mol. The summed E-state index contributed by atoms with van der Waals surface area (Å²) in [6.07, 6.45) is 0. The lowest BCUT2D eigenvalue weighted by Gasteiger charge is -2.22. The molecule has 1 fully saturated rings. The maximum atomic E-state index is 12.0. The molecule has 0 N–H and O–H groups in total. The Morgan fingerprint density at radius 3 is 2.33 bits per heavy atom. The molecule has 1 saturated heterocycles. The molecule has 0 radical (unpaired) electrons. The molecule has 0 atom stereocenters. The van der Waals surface area contributed by atoms with Crippen LogP contribution in [0.3, 0.4) is 0 Å². The van der Waals surface area contributed by atoms with E-state index in [1.54, 1.807) is 36.2 Å². The first-order valence-electron chi connectivity index (χ1n) is 12.9. The lowest BCUT2D eigenvalue weighted by atomic mass is 9.78. The van der Waals surface area contributed by atoms with Crippen LogP contribution in [0, 0.1) is 13.8 Å². The minimum absolute atomic E-state index is 0.0212. The molecule has 0 saturated carbocycles. The van der Waals surface area contributed by atoms with Gasteiger partial charge < -0.3 is 23.5 Å². The number of ether oxygens (including phenoxy) is 3. The number of benzene rings is 2. The highest BCUT2D eigenvalue weighted by molar-refractivity contribution is 6.64. The van der Waals surface area contributed by atoms with E-state index in [-0.39, 0.29) is 13.1 Å². The first-order chi connectivity index (χ1) is 18.8. The molecule has 0 amide bonds. The van der Waals surface area contributed by atoms with Crippen LogP contribution in [0.1, 0.15) is 23.7 Å². The van der Waals surface area contributed by atoms with Crippen molar-refractivity contribution in [3.05, 3.63) is 71.4 Å². The van der Waals surface area contributed by atoms with E-state index in [1.165, 1.54) is 0 Å². The Kier molecular flexibility index (Phi) is 9.57. The Bertz CT molecular complexity index is 1260. The monoisotopic (exact) mass is 532 g/mol. The van der Waals surface area contributed by atoms with E-state index in [2.05, 4.69) is 17.1 Å². The molecule has 10 heteroatoms. The van der Waals surface area contributed by atoms with Gasteiger partial charge in [0.15, 0.2) is 0 Å². The summed E-state index contributed by atoms with van der Waals surface area (Å²) in [6, 6.07) is 17.1. The largest absolute Gasteiger partial charge is 0.636 e. The van der Waals surface area contributed by atoms with Crippen molar-refractivity contribution in [1.82, 2.24) is 9.88 Å². The highest BCUT2D eigenvalue weighted by atomic mass is 16.6. The number of carbonyl (C=O) groups excluding carboxylic acids is 2. The average molecular weight is 532 g/mol. The summed E-state index contributed by atoms with van der Waals surface area (Å²) >= 11 is 0. The topological polar surface area (TPSA) is 96.4 Å². The second-order valence-corrected chi connectivity index (χ2v) is 9.33. The van der Waals surface area contributed by atoms with Crippen LogP contribution in [-0.4, -0.2) is 68.9 Å². The van der Waals surface area contributed by atoms with Gasteiger partial charge in [-0.2, -0.15) is 0 Å². The molecule has 2 aromatic carbocycles. The maximum absolute atomic E-state index is 12.0. The molecule has 204 valence electrons. The molecule has 3 aromatic rings. The molecule has 1 aliphatic rings. The summed E-state index contributed by atoms with van der Waals surface area (Å²) < 4.78 is 27.7. The van der Waals surface area contributed by atoms with Gasteiger partial charge in [0.2, 0.25) is 5.88 Å². The Hall–Kier alpha value is -3.89. The van der Waals surface area contributed by atoms with Crippen molar-refractivity contribution in [3.8, 4) is 22.8 Å². The first-order valence-corrected chi connectivity index (χ1v) is 12.9. The second kappa shape index (κ2) is 13.3. The summed E-state index contributed by atoms with van der Waals surface area (Å²) in [5.41, 5.74) is 5.63. The maximum Gasteiger partial charge on any atom is 0.636 e. The van der Waals surface area contributed by atoms with E-state index < -0.39 is 19.1 Å². The van der Waals surface area contributed by atoms with Crippen LogP contribution in [0.5, 0.6) is 11.6 Å². The van der Waals surface area contributed by atoms with E-state index >= 15 is 0 Å². The Morgan fingerprint density at radius 1 is 0.949 bits per heavy atom. The molecular formula is C29H33BN2O7. The fourth-order valence-electron chi connectivity index (χ4n) is 4.33. The number of hydrogen-bond acceptors (Lipinski definition) is 9. The number of pyridine rings is 1. The summed E-state index contributed by atoms with van der Waals surface area (Å²) in [6.45, 7) is 8.03. The highest BCUT2D eigenvalue weighted by Crippen LogP contribution is 2.29. The molecule has 39 heavy (non-hydrogen) atoms. The Morgan fingerprint density at radius 2 is 1.67 bits per heavy atom. The predicted octanol–water partition coefficient (Wildman–Crippen LogP) is 3.09. The molecule has 1 aromatic heterocycles. The highest BCUT2D eigenvalue weighted by Gasteiger charge is 2.33. The molecule has 1 aliphatic heterocycles. The summed E-state index contributed by atoms with van der Waals surface area (Å²) in [5, 5.41) is 0. The normalized spacial score (nSPS) is 14.3. The molecule has 0 aliphatic carbocycles. The number of hydrogen-bond donors (Lipinski definition) is 0. The van der Waals surface area contributed by atoms with Crippen LogP contribution in [-0.2, 0) is 30.2 Å². The zero-order valence-electron chi connectivity index (χ0n) is 22.8. The third-order valence-electron chi connectivity index (χ3n) is 6.10. The number of carbonyl (C=O) groups is 2. The van der Waals surface area contributed by atoms with E-state index in [0.717, 1.165) is 27.9 Å². The SMILES string of the molecule is CCOCCOc1cc(C)c(-c2cccc(COc3ccc(B4OC(=O)CN(C)CC(=O)O4)cc3)c2)c(C)n1. The molecule has 9 nitrogen and oxygen atoms in total. The summed E-state index contributed by atoms with van der Waals surface area (Å²) in [7, 11) is 0.576. The van der Waals surface area contributed by atoms with Crippen molar-refractivity contribution in [2.45, 2.75) is 27.4 Å². The van der Waals surface area contributed by atoms with E-state index in [1.807, 2.05) is 39.0 Å². The number of likely N-dealkylation sites (N-methyl/N-ethyl adjacent to an activating group) is 1. The van der Waals surface area contributed by atoms with Gasteiger partial charge in [0.1, 0.15) is 19.0 Å². The van der Waals surface area contributed by atoms with Crippen LogP contribution in [0.25, 0.3) is 11.1 Å². The Labute approximate surface area is 229 Å². The van der Waals surface area contributed by atoms with Crippen LogP contribution >= 0.6 is 0 Å². The van der Waals surface area contributed by atoms with Gasteiger partial charge in [0.05, 0.1) is 19.7 Å². The number of aryl methyl sites for hydroxylation is 2. The molecule has 2 heterocycles. The number of nitrogens with zero attached hydrogens (tertiary/aromatic N) is 2. The van der Waals surface area contributed by atoms with Crippen molar-refractivity contribution >= 4 is 24.5 Å². The van der Waals surface area contributed by atoms with Gasteiger partial charge in [-0.3, -0.25) is 14.5 Å². The van der Waals surface area contributed by atoms with E-state index in [4.69, 9.17) is 23.5 Å². The van der Waals surface area contributed by atoms with Crippen molar-refractivity contribution < 1.29 is 33.1 Å². The Balaban J connectivity index is 1.39. The smallest absolute Gasteiger partial charge is 0.494 e. The van der Waals surface area contributed by atoms with Crippen molar-refractivity contribution in [2.24, 2.45) is 0 Å². The average Bonchev–Trinajstić information content (AvgIpc) is 2.89. The lowest BCUT2D eigenvalue weighted by molar-refractivity contribution is -0.145. The number of rotatable bonds is 10. The van der Waals surface area contributed by atoms with E-state index in [0.29, 0.717) is 43.5 Å². The summed E-state index contributed by atoms with van der Waals surface area (Å²) in [4.78, 5) is 30.2. The van der Waals surface area contributed by atoms with Gasteiger partial charge >= 0.3 is 19.1 Å². The van der Waals surface area contributed by atoms with Gasteiger partial charge in [-0.15, -0.1) is 0 Å². The number of aromatic nitrogens is 1. The second-order valence-electron chi connectivity index (χ2n) is 9.33. The zero-order chi connectivity index (χ0) is 27.8. The van der Waals surface area contributed by atoms with Crippen LogP contribution < -0.4 is 14.9 Å². The first kappa shape index (κ1) is 28.1. The molecule has 0 unspecified atom stereocenters. The van der Waals surface area contributed by atoms with Crippen LogP contribution in [0.4, 0.5) is 0 Å². The van der Waals surface area contributed by atoms with Gasteiger partial charge in [0, 0.05) is 29.4 Å². The molecule has 4 rings (SSSR count). The van der Waals surface area contributed by atoms with Crippen LogP contribution in [0.2, 0.25) is 0 Å². The summed E-state index contributed by atoms with van der Waals surface area (Å²) in [5.74, 6) is 0.307. The van der Waals surface area contributed by atoms with Gasteiger partial charge in [-0.1, -0.05) is 30.3 Å². The fourth-order valence-corrected chi connectivity index (χ4v) is 4.33. The standard InChI is InChI=1S/C29H33BN2O7/c1-5-35-13-14-36-26-15-20(2)29(21(3)31-26)23-8-6-7-22(16-23)19-37-25-11-9-24(10-12-25)30-38-27(33)17-32(4)18-28(34)39-30/h6-12,15-16H,5,13-14,17-19H2,1-4H3. The fraction of sp³-hybridized carbons (Fsp3) is 0.345. The minimum atomic E-state index is -1.08. The van der Waals surface area contributed by atoms with Crippen molar-refractivity contribution in [3.63, 3.8) is 0 Å². The van der Waals surface area contributed by atoms with Crippen molar-refractivity contribution in [1.29, 1.82) is 0 Å². The van der Waals surface area contributed by atoms with Gasteiger partial charge in [-0.05, 0) is 62.7 Å². The third-order valence-corrected chi connectivity index (χ3v) is 6.10. The molecule has 0 bridgehead atoms. The quantitative estimate of drug-likeness (QED) is 0.288. The minimum Gasteiger partial charge on any atom is -0.494 e. The zero-order valence-corrected chi connectivity index (χ0v) is 22.8. The molecule has 0 spiro atoms. The van der Waals surface area contributed by atoms with Gasteiger partial charge in [0.25, 0.3) is 0 Å².